The van der Waals surface area contributed by atoms with Crippen LogP contribution in [0.25, 0.3) is 0 Å². The van der Waals surface area contributed by atoms with Crippen LogP contribution in [0.1, 0.15) is 34.5 Å². The van der Waals surface area contributed by atoms with E-state index in [-0.39, 0.29) is 21.4 Å². The van der Waals surface area contributed by atoms with Crippen LogP contribution in [0.4, 0.5) is 11.6 Å². The highest BCUT2D eigenvalue weighted by Crippen LogP contribution is 2.29. The first-order valence-electron chi connectivity index (χ1n) is 11.1. The molecule has 36 heavy (non-hydrogen) atoms. The largest absolute Gasteiger partial charge is 0.497 e. The molecule has 4 rings (SSSR count). The number of aromatic nitrogens is 3. The van der Waals surface area contributed by atoms with Crippen molar-refractivity contribution in [2.45, 2.75) is 24.9 Å². The number of benzene rings is 1. The van der Waals surface area contributed by atoms with Crippen molar-refractivity contribution in [1.29, 1.82) is 0 Å². The minimum absolute atomic E-state index is 0.0306. The molecule has 0 aliphatic carbocycles. The number of ether oxygens (including phenoxy) is 1. The number of carbonyl (C=O) groups excluding carboxylic acids is 2. The van der Waals surface area contributed by atoms with Crippen LogP contribution >= 0.6 is 23.2 Å². The number of nitrogens with two attached hydrogens (primary N) is 2. The van der Waals surface area contributed by atoms with Crippen LogP contribution in [-0.2, 0) is 11.3 Å². The summed E-state index contributed by atoms with van der Waals surface area (Å²) >= 11 is 12.9. The molecule has 12 heteroatoms. The number of hydrogen-bond donors (Lipinski definition) is 3. The van der Waals surface area contributed by atoms with Crippen LogP contribution in [0.5, 0.6) is 5.75 Å². The highest BCUT2D eigenvalue weighted by molar-refractivity contribution is 6.38. The van der Waals surface area contributed by atoms with Gasteiger partial charge in [0.1, 0.15) is 23.1 Å². The van der Waals surface area contributed by atoms with Gasteiger partial charge in [0.2, 0.25) is 11.7 Å². The highest BCUT2D eigenvalue weighted by Gasteiger charge is 2.36. The first-order chi connectivity index (χ1) is 17.2. The molecule has 0 bridgehead atoms. The van der Waals surface area contributed by atoms with Crippen molar-refractivity contribution < 1.29 is 14.3 Å². The van der Waals surface area contributed by atoms with E-state index in [9.17, 15) is 9.59 Å². The number of nitrogens with one attached hydrogen (secondary N) is 1. The Balaban J connectivity index is 1.47. The van der Waals surface area contributed by atoms with Crippen molar-refractivity contribution in [3.8, 4) is 5.75 Å². The molecule has 10 nitrogen and oxygen atoms in total. The third kappa shape index (κ3) is 5.35. The predicted octanol–water partition coefficient (Wildman–Crippen LogP) is 2.81. The normalized spacial score (nSPS) is 14.8. The average molecular weight is 530 g/mol. The third-order valence-corrected chi connectivity index (χ3v) is 6.80. The number of piperidine rings is 1. The van der Waals surface area contributed by atoms with Gasteiger partial charge in [0.05, 0.1) is 23.9 Å². The second kappa shape index (κ2) is 10.7. The van der Waals surface area contributed by atoms with E-state index in [2.05, 4.69) is 20.3 Å². The number of rotatable bonds is 8. The molecule has 1 aliphatic heterocycles. The maximum absolute atomic E-state index is 13.2. The first kappa shape index (κ1) is 25.6. The maximum atomic E-state index is 13.2. The van der Waals surface area contributed by atoms with Crippen LogP contribution in [0.15, 0.2) is 42.7 Å². The summed E-state index contributed by atoms with van der Waals surface area (Å²) in [5.74, 6) is 0.578. The van der Waals surface area contributed by atoms with Gasteiger partial charge in [0.15, 0.2) is 5.15 Å². The van der Waals surface area contributed by atoms with Crippen LogP contribution in [0.2, 0.25) is 10.2 Å². The molecule has 1 aromatic carbocycles. The monoisotopic (exact) mass is 529 g/mol. The Morgan fingerprint density at radius 2 is 1.83 bits per heavy atom. The lowest BCUT2D eigenvalue weighted by molar-refractivity contribution is -0.123. The summed E-state index contributed by atoms with van der Waals surface area (Å²) < 4.78 is 5.17. The van der Waals surface area contributed by atoms with Crippen molar-refractivity contribution in [3.63, 3.8) is 0 Å². The van der Waals surface area contributed by atoms with E-state index in [1.807, 2.05) is 29.2 Å². The quantitative estimate of drug-likeness (QED) is 0.374. The van der Waals surface area contributed by atoms with Crippen LogP contribution in [0.3, 0.4) is 0 Å². The molecular formula is C24H25Cl2N7O3. The molecule has 3 aromatic rings. The molecule has 1 amide bonds. The van der Waals surface area contributed by atoms with E-state index in [0.29, 0.717) is 44.1 Å². The highest BCUT2D eigenvalue weighted by atomic mass is 35.5. The third-order valence-electron chi connectivity index (χ3n) is 6.16. The number of hydrogen-bond acceptors (Lipinski definition) is 9. The number of pyridine rings is 1. The lowest BCUT2D eigenvalue weighted by Gasteiger charge is -2.37. The van der Waals surface area contributed by atoms with Crippen molar-refractivity contribution in [2.75, 3.05) is 30.4 Å². The molecule has 1 fully saturated rings. The molecule has 1 aliphatic rings. The lowest BCUT2D eigenvalue weighted by atomic mass is 9.88. The van der Waals surface area contributed by atoms with Gasteiger partial charge in [0.25, 0.3) is 0 Å². The smallest absolute Gasteiger partial charge is 0.237 e. The fourth-order valence-electron chi connectivity index (χ4n) is 3.84. The minimum Gasteiger partial charge on any atom is -0.497 e. The Morgan fingerprint density at radius 1 is 1.14 bits per heavy atom. The minimum atomic E-state index is -1.04. The lowest BCUT2D eigenvalue weighted by Crippen LogP contribution is -2.58. The molecule has 0 unspecified atom stereocenters. The summed E-state index contributed by atoms with van der Waals surface area (Å²) in [6, 6.07) is 9.03. The summed E-state index contributed by atoms with van der Waals surface area (Å²) in [6.07, 6.45) is 3.70. The summed E-state index contributed by atoms with van der Waals surface area (Å²) in [4.78, 5) is 39.5. The van der Waals surface area contributed by atoms with E-state index in [0.717, 1.165) is 11.3 Å². The molecule has 0 radical (unpaired) electrons. The topological polar surface area (TPSA) is 149 Å². The number of nitrogens with zero attached hydrogens (tertiary/aromatic N) is 4. The van der Waals surface area contributed by atoms with Gasteiger partial charge in [-0.15, -0.1) is 0 Å². The van der Waals surface area contributed by atoms with E-state index in [4.69, 9.17) is 39.4 Å². The Bertz CT molecular complexity index is 1280. The number of ketones is 1. The SMILES string of the molecule is COc1ccc(CNc2nccc(C(=O)c3ncc(N4CCC(N)(C(N)=O)CC4)nc3Cl)c2Cl)cc1. The van der Waals surface area contributed by atoms with Gasteiger partial charge < -0.3 is 26.4 Å². The van der Waals surface area contributed by atoms with Crippen LogP contribution in [-0.4, -0.2) is 52.4 Å². The molecule has 0 spiro atoms. The molecule has 0 atom stereocenters. The molecule has 5 N–H and O–H groups in total. The van der Waals surface area contributed by atoms with Gasteiger partial charge in [-0.3, -0.25) is 9.59 Å². The van der Waals surface area contributed by atoms with Gasteiger partial charge in [-0.2, -0.15) is 0 Å². The maximum Gasteiger partial charge on any atom is 0.237 e. The van der Waals surface area contributed by atoms with Crippen molar-refractivity contribution in [2.24, 2.45) is 11.5 Å². The average Bonchev–Trinajstić information content (AvgIpc) is 2.88. The Hall–Kier alpha value is -3.47. The number of carbonyl (C=O) groups is 2. The Kier molecular flexibility index (Phi) is 7.58. The van der Waals surface area contributed by atoms with Gasteiger partial charge >= 0.3 is 0 Å². The van der Waals surface area contributed by atoms with Crippen molar-refractivity contribution in [1.82, 2.24) is 15.0 Å². The molecule has 188 valence electrons. The molecular weight excluding hydrogens is 505 g/mol. The molecule has 0 saturated carbocycles. The summed E-state index contributed by atoms with van der Waals surface area (Å²) in [6.45, 7) is 1.35. The van der Waals surface area contributed by atoms with Crippen molar-refractivity contribution >= 4 is 46.5 Å². The standard InChI is InChI=1S/C24H25Cl2N7O3/c1-36-15-4-2-14(3-5-15)12-31-22-18(25)16(6-9-29-22)20(34)19-21(26)32-17(13-30-19)33-10-7-24(28,8-11-33)23(27)35/h2-6,9,13H,7-8,10-12,28H2,1H3,(H2,27,35)(H,29,31). The second-order valence-corrected chi connectivity index (χ2v) is 9.16. The van der Waals surface area contributed by atoms with E-state index < -0.39 is 17.2 Å². The van der Waals surface area contributed by atoms with Gasteiger partial charge in [-0.1, -0.05) is 35.3 Å². The number of halogens is 2. The fraction of sp³-hybridized carbons (Fsp3) is 0.292. The zero-order valence-electron chi connectivity index (χ0n) is 19.5. The second-order valence-electron chi connectivity index (χ2n) is 8.43. The van der Waals surface area contributed by atoms with E-state index in [1.54, 1.807) is 7.11 Å². The van der Waals surface area contributed by atoms with E-state index in [1.165, 1.54) is 18.5 Å². The van der Waals surface area contributed by atoms with Gasteiger partial charge in [0, 0.05) is 31.4 Å². The molecule has 1 saturated heterocycles. The number of primary amides is 1. The van der Waals surface area contributed by atoms with Crippen LogP contribution in [0, 0.1) is 0 Å². The van der Waals surface area contributed by atoms with Gasteiger partial charge in [-0.05, 0) is 36.6 Å². The number of methoxy groups -OCH3 is 1. The van der Waals surface area contributed by atoms with E-state index >= 15 is 0 Å². The number of amides is 1. The molecule has 2 aromatic heterocycles. The fourth-order valence-corrected chi connectivity index (χ4v) is 4.33. The summed E-state index contributed by atoms with van der Waals surface area (Å²) in [5.41, 5.74) is 11.6. The number of anilines is 2. The Labute approximate surface area is 218 Å². The van der Waals surface area contributed by atoms with Crippen LogP contribution < -0.4 is 26.4 Å². The van der Waals surface area contributed by atoms with Crippen molar-refractivity contribution in [3.05, 3.63) is 69.7 Å². The summed E-state index contributed by atoms with van der Waals surface area (Å²) in [5, 5.41) is 3.23. The zero-order valence-corrected chi connectivity index (χ0v) is 21.0. The zero-order chi connectivity index (χ0) is 25.9. The molecule has 3 heterocycles. The van der Waals surface area contributed by atoms with Gasteiger partial charge in [-0.25, -0.2) is 15.0 Å². The Morgan fingerprint density at radius 3 is 2.44 bits per heavy atom. The first-order valence-corrected chi connectivity index (χ1v) is 11.9. The summed E-state index contributed by atoms with van der Waals surface area (Å²) in [7, 11) is 1.60. The predicted molar refractivity (Wildman–Crippen MR) is 138 cm³/mol.